The molecule has 2 unspecified atom stereocenters. The van der Waals surface area contributed by atoms with E-state index in [1.165, 1.54) is 14.1 Å². The van der Waals surface area contributed by atoms with Gasteiger partial charge in [-0.05, 0) is 30.8 Å². The van der Waals surface area contributed by atoms with Crippen LogP contribution < -0.4 is 10.6 Å². The van der Waals surface area contributed by atoms with Gasteiger partial charge in [-0.2, -0.15) is 9.45 Å². The molecule has 1 heterocycles. The molecule has 0 fully saturated rings. The number of rotatable bonds is 3. The molecule has 0 radical (unpaired) electrons. The average molecular weight is 244 g/mol. The molecule has 0 bridgehead atoms. The summed E-state index contributed by atoms with van der Waals surface area (Å²) in [5.41, 5.74) is 0. The van der Waals surface area contributed by atoms with E-state index in [9.17, 15) is 8.87 Å². The van der Waals surface area contributed by atoms with Crippen molar-refractivity contribution in [2.75, 3.05) is 21.2 Å². The van der Waals surface area contributed by atoms with Gasteiger partial charge in [0.2, 0.25) is 5.29 Å². The number of halogens is 3. The Balaban J connectivity index is 3.09. The molecule has 0 spiro atoms. The summed E-state index contributed by atoms with van der Waals surface area (Å²) >= 11 is 5.62. The Hall–Kier alpha value is -0.540. The fourth-order valence-electron chi connectivity index (χ4n) is 1.16. The largest absolute Gasteiger partial charge is 0.353 e. The molecule has 1 rings (SSSR count). The Morgan fingerprint density at radius 3 is 2.60 bits per heavy atom. The van der Waals surface area contributed by atoms with Crippen LogP contribution in [0.2, 0.25) is 0 Å². The van der Waals surface area contributed by atoms with Crippen molar-refractivity contribution in [3.05, 3.63) is 0 Å². The minimum absolute atomic E-state index is 0.192. The molecular formula is C6H12ClF2N5O. The van der Waals surface area contributed by atoms with E-state index in [0.29, 0.717) is 5.06 Å². The third-order valence-electron chi connectivity index (χ3n) is 1.92. The maximum atomic E-state index is 14.1. The molecule has 6 nitrogen and oxygen atoms in total. The Morgan fingerprint density at radius 2 is 2.20 bits per heavy atom. The Kier molecular flexibility index (Phi) is 3.79. The van der Waals surface area contributed by atoms with Crippen molar-refractivity contribution >= 4 is 16.9 Å². The molecule has 0 saturated carbocycles. The van der Waals surface area contributed by atoms with Crippen LogP contribution in [0.5, 0.6) is 0 Å². The highest BCUT2D eigenvalue weighted by molar-refractivity contribution is 6.64. The van der Waals surface area contributed by atoms with Crippen molar-refractivity contribution < 1.29 is 13.7 Å². The van der Waals surface area contributed by atoms with Crippen LogP contribution in [-0.2, 0) is 4.84 Å². The van der Waals surface area contributed by atoms with Crippen molar-refractivity contribution in [2.45, 2.75) is 12.3 Å². The van der Waals surface area contributed by atoms with E-state index in [1.807, 2.05) is 0 Å². The van der Waals surface area contributed by atoms with Gasteiger partial charge < -0.3 is 0 Å². The van der Waals surface area contributed by atoms with E-state index in [1.54, 1.807) is 0 Å². The molecule has 0 aliphatic carbocycles. The maximum Gasteiger partial charge on any atom is 0.353 e. The molecule has 2 N–H and O–H groups in total. The zero-order chi connectivity index (χ0) is 11.6. The molecule has 0 amide bonds. The van der Waals surface area contributed by atoms with E-state index in [0.717, 1.165) is 7.11 Å². The first kappa shape index (κ1) is 12.5. The average Bonchev–Trinajstić information content (AvgIpc) is 2.24. The lowest BCUT2D eigenvalue weighted by Gasteiger charge is -2.42. The van der Waals surface area contributed by atoms with Gasteiger partial charge in [-0.1, -0.05) is 0 Å². The summed E-state index contributed by atoms with van der Waals surface area (Å²) in [7, 11) is 3.79. The van der Waals surface area contributed by atoms with Crippen molar-refractivity contribution in [2.24, 2.45) is 4.99 Å². The molecule has 0 aromatic carbocycles. The van der Waals surface area contributed by atoms with E-state index in [-0.39, 0.29) is 10.4 Å². The predicted octanol–water partition coefficient (Wildman–Crippen LogP) is -0.0521. The normalized spacial score (nSPS) is 33.1. The lowest BCUT2D eigenvalue weighted by molar-refractivity contribution is -0.341. The topological polar surface area (TPSA) is 52.1 Å². The highest BCUT2D eigenvalue weighted by atomic mass is 35.5. The summed E-state index contributed by atoms with van der Waals surface area (Å²) in [6.07, 6.45) is -1.22. The zero-order valence-corrected chi connectivity index (χ0v) is 9.22. The first-order chi connectivity index (χ1) is 7.01. The SMILES string of the molecule is CNC1N=C(Cl)N(OC)C(F)(NC)N1F. The lowest BCUT2D eigenvalue weighted by Crippen LogP contribution is -2.69. The molecular weight excluding hydrogens is 232 g/mol. The quantitative estimate of drug-likeness (QED) is 0.538. The molecule has 1 aliphatic rings. The summed E-state index contributed by atoms with van der Waals surface area (Å²) in [5.74, 6) is 0. The first-order valence-electron chi connectivity index (χ1n) is 4.09. The number of nitrogens with zero attached hydrogens (tertiary/aromatic N) is 3. The zero-order valence-electron chi connectivity index (χ0n) is 8.46. The summed E-state index contributed by atoms with van der Waals surface area (Å²) in [5, 5.41) is 4.52. The van der Waals surface area contributed by atoms with Crippen LogP contribution in [0.3, 0.4) is 0 Å². The van der Waals surface area contributed by atoms with Gasteiger partial charge in [0.15, 0.2) is 6.29 Å². The number of amidine groups is 1. The Morgan fingerprint density at radius 1 is 1.60 bits per heavy atom. The second-order valence-corrected chi connectivity index (χ2v) is 3.02. The fraction of sp³-hybridized carbons (Fsp3) is 0.833. The molecule has 0 saturated heterocycles. The highest BCUT2D eigenvalue weighted by Gasteiger charge is 2.52. The van der Waals surface area contributed by atoms with Crippen LogP contribution >= 0.6 is 11.6 Å². The molecule has 0 aromatic heterocycles. The van der Waals surface area contributed by atoms with Gasteiger partial charge in [0.05, 0.1) is 7.11 Å². The van der Waals surface area contributed by atoms with Crippen LogP contribution in [0.15, 0.2) is 4.99 Å². The summed E-state index contributed by atoms with van der Waals surface area (Å²) in [6.45, 7) is 0. The van der Waals surface area contributed by atoms with Crippen molar-refractivity contribution in [1.82, 2.24) is 20.8 Å². The minimum Gasteiger partial charge on any atom is -0.284 e. The van der Waals surface area contributed by atoms with Crippen molar-refractivity contribution in [3.8, 4) is 0 Å². The molecule has 9 heteroatoms. The monoisotopic (exact) mass is 243 g/mol. The second-order valence-electron chi connectivity index (χ2n) is 2.69. The van der Waals surface area contributed by atoms with Crippen LogP contribution in [0.4, 0.5) is 8.87 Å². The van der Waals surface area contributed by atoms with Crippen molar-refractivity contribution in [3.63, 3.8) is 0 Å². The summed E-state index contributed by atoms with van der Waals surface area (Å²) < 4.78 is 27.6. The molecule has 0 aromatic rings. The third-order valence-corrected chi connectivity index (χ3v) is 2.17. The maximum absolute atomic E-state index is 14.1. The van der Waals surface area contributed by atoms with Crippen molar-refractivity contribution in [1.29, 1.82) is 0 Å². The fourth-order valence-corrected chi connectivity index (χ4v) is 1.43. The molecule has 1 aliphatic heterocycles. The van der Waals surface area contributed by atoms with E-state index in [4.69, 9.17) is 11.6 Å². The van der Waals surface area contributed by atoms with E-state index < -0.39 is 12.3 Å². The second kappa shape index (κ2) is 4.54. The lowest BCUT2D eigenvalue weighted by atomic mass is 10.5. The van der Waals surface area contributed by atoms with Gasteiger partial charge in [-0.25, -0.2) is 4.99 Å². The smallest absolute Gasteiger partial charge is 0.284 e. The number of alkyl halides is 1. The number of aliphatic imine (C=N–C) groups is 1. The van der Waals surface area contributed by atoms with Crippen LogP contribution in [-0.4, -0.2) is 49.0 Å². The number of hydrogen-bond donors (Lipinski definition) is 2. The van der Waals surface area contributed by atoms with Crippen LogP contribution in [0.1, 0.15) is 0 Å². The van der Waals surface area contributed by atoms with E-state index >= 15 is 0 Å². The van der Waals surface area contributed by atoms with E-state index in [2.05, 4.69) is 20.5 Å². The summed E-state index contributed by atoms with van der Waals surface area (Å²) in [6, 6.07) is -2.71. The highest BCUT2D eigenvalue weighted by Crippen LogP contribution is 2.28. The Labute approximate surface area is 90.7 Å². The standard InChI is InChI=1S/C6H12ClF2N5O/c1-10-5-12-4(7)14(15-3)6(8,11-2)13(5)9/h5,10-11H,1-3H3. The third kappa shape index (κ3) is 1.91. The van der Waals surface area contributed by atoms with Gasteiger partial charge in [-0.15, -0.1) is 4.48 Å². The van der Waals surface area contributed by atoms with Gasteiger partial charge in [0.25, 0.3) is 0 Å². The molecule has 15 heavy (non-hydrogen) atoms. The minimum atomic E-state index is -2.71. The molecule has 2 atom stereocenters. The number of hydroxylamine groups is 2. The van der Waals surface area contributed by atoms with Gasteiger partial charge >= 0.3 is 6.04 Å². The van der Waals surface area contributed by atoms with Crippen LogP contribution in [0, 0.1) is 0 Å². The van der Waals surface area contributed by atoms with Gasteiger partial charge in [-0.3, -0.25) is 15.5 Å². The summed E-state index contributed by atoms with van der Waals surface area (Å²) in [4.78, 5) is 8.22. The first-order valence-corrected chi connectivity index (χ1v) is 4.47. The van der Waals surface area contributed by atoms with Gasteiger partial charge in [0, 0.05) is 0 Å². The molecule has 88 valence electrons. The van der Waals surface area contributed by atoms with Gasteiger partial charge in [0.1, 0.15) is 0 Å². The number of hydrogen-bond acceptors (Lipinski definition) is 6. The number of nitrogens with one attached hydrogen (secondary N) is 2. The predicted molar refractivity (Wildman–Crippen MR) is 50.8 cm³/mol. The Bertz CT molecular complexity index is 268. The van der Waals surface area contributed by atoms with Crippen LogP contribution in [0.25, 0.3) is 0 Å².